The largest absolute Gasteiger partial charge is 0.296 e. The fourth-order valence-electron chi connectivity index (χ4n) is 6.11. The van der Waals surface area contributed by atoms with E-state index in [1.807, 2.05) is 125 Å². The van der Waals surface area contributed by atoms with Crippen molar-refractivity contribution in [1.82, 2.24) is 10.2 Å². The summed E-state index contributed by atoms with van der Waals surface area (Å²) in [6.45, 7) is 8.12. The van der Waals surface area contributed by atoms with Crippen molar-refractivity contribution in [3.8, 4) is 0 Å². The summed E-state index contributed by atoms with van der Waals surface area (Å²) in [4.78, 5) is 0. The van der Waals surface area contributed by atoms with Gasteiger partial charge in [0.05, 0.1) is 0 Å². The van der Waals surface area contributed by atoms with Gasteiger partial charge in [-0.25, -0.2) is 0 Å². The van der Waals surface area contributed by atoms with Crippen molar-refractivity contribution < 1.29 is 9.13 Å². The first-order valence-corrected chi connectivity index (χ1v) is 17.7. The molecule has 4 aromatic carbocycles. The Morgan fingerprint density at radius 2 is 0.725 bits per heavy atom. The van der Waals surface area contributed by atoms with Crippen LogP contribution in [0.1, 0.15) is 47.9 Å². The predicted molar refractivity (Wildman–Crippen MR) is 171 cm³/mol. The maximum atomic E-state index is 15.3. The smallest absolute Gasteiger partial charge is 0.205 e. The number of hydrogen-bond acceptors (Lipinski definition) is 2. The minimum atomic E-state index is -3.21. The van der Waals surface area contributed by atoms with Gasteiger partial charge in [-0.2, -0.15) is 0 Å². The molecule has 0 heterocycles. The van der Waals surface area contributed by atoms with Crippen LogP contribution in [0.5, 0.6) is 0 Å². The molecular weight excluding hydrogens is 530 g/mol. The Bertz CT molecular complexity index is 1380. The molecule has 0 saturated heterocycles. The molecule has 1 aliphatic carbocycles. The molecule has 5 rings (SSSR count). The Balaban J connectivity index is 1.59. The Labute approximate surface area is 239 Å². The predicted octanol–water partition coefficient (Wildman–Crippen LogP) is 6.57. The molecule has 6 heteroatoms. The molecule has 208 valence electrons. The first-order valence-electron chi connectivity index (χ1n) is 14.2. The Kier molecular flexibility index (Phi) is 8.64. The van der Waals surface area contributed by atoms with Gasteiger partial charge in [0, 0.05) is 33.3 Å². The minimum Gasteiger partial charge on any atom is -0.296 e. The summed E-state index contributed by atoms with van der Waals surface area (Å²) in [6, 6.07) is 31.7. The highest BCUT2D eigenvalue weighted by atomic mass is 31.2. The van der Waals surface area contributed by atoms with Crippen molar-refractivity contribution in [2.24, 2.45) is 0 Å². The fraction of sp³-hybridized carbons (Fsp3) is 0.294. The molecule has 0 radical (unpaired) electrons. The van der Waals surface area contributed by atoms with Crippen LogP contribution in [-0.4, -0.2) is 12.1 Å². The molecule has 4 nitrogen and oxygen atoms in total. The van der Waals surface area contributed by atoms with Crippen LogP contribution in [0.15, 0.2) is 97.1 Å². The van der Waals surface area contributed by atoms with Gasteiger partial charge in [-0.3, -0.25) is 19.3 Å². The van der Waals surface area contributed by atoms with Gasteiger partial charge in [0.25, 0.3) is 0 Å². The average Bonchev–Trinajstić information content (AvgIpc) is 2.95. The van der Waals surface area contributed by atoms with E-state index >= 15 is 9.13 Å². The lowest BCUT2D eigenvalue weighted by molar-refractivity contribution is 0.342. The van der Waals surface area contributed by atoms with E-state index in [1.54, 1.807) is 0 Å². The molecule has 0 amide bonds. The third-order valence-corrected chi connectivity index (χ3v) is 14.4. The average molecular weight is 571 g/mol. The van der Waals surface area contributed by atoms with Gasteiger partial charge in [0.2, 0.25) is 14.6 Å². The van der Waals surface area contributed by atoms with Crippen molar-refractivity contribution >= 4 is 35.8 Å². The lowest BCUT2D eigenvalue weighted by atomic mass is 9.92. The van der Waals surface area contributed by atoms with Crippen molar-refractivity contribution in [2.45, 2.75) is 65.5 Å². The molecule has 1 aliphatic rings. The molecule has 40 heavy (non-hydrogen) atoms. The summed E-state index contributed by atoms with van der Waals surface area (Å²) < 4.78 is 30.6. The van der Waals surface area contributed by atoms with Crippen LogP contribution in [0.2, 0.25) is 0 Å². The summed E-state index contributed by atoms with van der Waals surface area (Å²) in [5.74, 6) is 0. The van der Waals surface area contributed by atoms with Gasteiger partial charge in [-0.1, -0.05) is 85.6 Å². The molecule has 0 spiro atoms. The van der Waals surface area contributed by atoms with Crippen LogP contribution in [0, 0.1) is 27.7 Å². The lowest BCUT2D eigenvalue weighted by Gasteiger charge is -2.39. The Morgan fingerprint density at radius 1 is 0.475 bits per heavy atom. The summed E-state index contributed by atoms with van der Waals surface area (Å²) in [5.41, 5.74) is 4.03. The van der Waals surface area contributed by atoms with Crippen LogP contribution in [0.3, 0.4) is 0 Å². The topological polar surface area (TPSA) is 58.2 Å². The molecule has 0 aliphatic heterocycles. The van der Waals surface area contributed by atoms with E-state index in [-0.39, 0.29) is 12.1 Å². The normalized spacial score (nSPS) is 18.0. The monoisotopic (exact) mass is 570 g/mol. The van der Waals surface area contributed by atoms with Gasteiger partial charge in [0.1, 0.15) is 0 Å². The van der Waals surface area contributed by atoms with E-state index in [0.29, 0.717) is 0 Å². The zero-order valence-corrected chi connectivity index (χ0v) is 25.7. The molecule has 0 bridgehead atoms. The molecule has 1 saturated carbocycles. The van der Waals surface area contributed by atoms with E-state index < -0.39 is 14.6 Å². The van der Waals surface area contributed by atoms with E-state index in [1.165, 1.54) is 0 Å². The quantitative estimate of drug-likeness (QED) is 0.235. The lowest BCUT2D eigenvalue weighted by Crippen LogP contribution is -2.51. The molecule has 2 atom stereocenters. The minimum absolute atomic E-state index is 0.111. The van der Waals surface area contributed by atoms with Crippen LogP contribution in [0.4, 0.5) is 0 Å². The first kappa shape index (κ1) is 28.8. The third kappa shape index (κ3) is 5.56. The van der Waals surface area contributed by atoms with Crippen molar-refractivity contribution in [3.63, 3.8) is 0 Å². The van der Waals surface area contributed by atoms with Gasteiger partial charge in [-0.15, -0.1) is 0 Å². The molecule has 0 aromatic heterocycles. The maximum absolute atomic E-state index is 15.3. The van der Waals surface area contributed by atoms with Crippen molar-refractivity contribution in [1.29, 1.82) is 0 Å². The van der Waals surface area contributed by atoms with Crippen LogP contribution >= 0.6 is 14.6 Å². The van der Waals surface area contributed by atoms with Gasteiger partial charge >= 0.3 is 0 Å². The second-order valence-corrected chi connectivity index (χ2v) is 16.0. The summed E-state index contributed by atoms with van der Waals surface area (Å²) in [6.07, 6.45) is 3.80. The summed E-state index contributed by atoms with van der Waals surface area (Å²) >= 11 is 0. The SMILES string of the molecule is Cc1ccccc1P(=O)(N[C@@H]1CCCC[C@H]1NP(=O)(c1ccccc1C)c1ccccc1C)c1ccccc1C. The third-order valence-electron chi connectivity index (χ3n) is 8.28. The number of aryl methyl sites for hydroxylation is 4. The maximum Gasteiger partial charge on any atom is 0.205 e. The van der Waals surface area contributed by atoms with Gasteiger partial charge in [0.15, 0.2) is 0 Å². The zero-order valence-electron chi connectivity index (χ0n) is 23.9. The van der Waals surface area contributed by atoms with E-state index in [4.69, 9.17) is 0 Å². The summed E-state index contributed by atoms with van der Waals surface area (Å²) in [7, 11) is -6.43. The van der Waals surface area contributed by atoms with Crippen molar-refractivity contribution in [2.75, 3.05) is 0 Å². The molecule has 1 fully saturated rings. The second-order valence-electron chi connectivity index (χ2n) is 11.1. The van der Waals surface area contributed by atoms with E-state index in [0.717, 1.165) is 69.2 Å². The van der Waals surface area contributed by atoms with E-state index in [9.17, 15) is 0 Å². The van der Waals surface area contributed by atoms with Crippen LogP contribution < -0.4 is 31.4 Å². The standard InChI is InChI=1S/C34H40N2O2P2/c1-25-15-5-11-21-31(25)39(37,32-22-12-6-16-26(32)2)35-29-19-9-10-20-30(29)36-40(38,33-23-13-7-17-27(33)3)34-24-14-8-18-28(34)4/h5-8,11-18,21-24,29-30H,9-10,19-20H2,1-4H3,(H,35,37)(H,36,38)/t29-,30-/m1/s1. The highest BCUT2D eigenvalue weighted by Gasteiger charge is 2.40. The zero-order chi connectivity index (χ0) is 28.3. The second kappa shape index (κ2) is 12.0. The van der Waals surface area contributed by atoms with Crippen LogP contribution in [-0.2, 0) is 9.13 Å². The Morgan fingerprint density at radius 3 is 0.975 bits per heavy atom. The first-order chi connectivity index (χ1) is 19.2. The molecule has 2 N–H and O–H groups in total. The number of benzene rings is 4. The highest BCUT2D eigenvalue weighted by Crippen LogP contribution is 2.46. The number of nitrogens with one attached hydrogen (secondary N) is 2. The van der Waals surface area contributed by atoms with Gasteiger partial charge < -0.3 is 0 Å². The molecule has 0 unspecified atom stereocenters. The summed E-state index contributed by atoms with van der Waals surface area (Å²) in [5, 5.41) is 10.8. The molecular formula is C34H40N2O2P2. The van der Waals surface area contributed by atoms with Gasteiger partial charge in [-0.05, 0) is 87.1 Å². The highest BCUT2D eigenvalue weighted by molar-refractivity contribution is 7.77. The van der Waals surface area contributed by atoms with Crippen LogP contribution in [0.25, 0.3) is 0 Å². The van der Waals surface area contributed by atoms with Crippen molar-refractivity contribution in [3.05, 3.63) is 119 Å². The number of hydrogen-bond donors (Lipinski definition) is 2. The molecule has 4 aromatic rings. The van der Waals surface area contributed by atoms with E-state index in [2.05, 4.69) is 10.2 Å². The fourth-order valence-corrected chi connectivity index (χ4v) is 12.2. The Hall–Kier alpha value is -2.74. The number of rotatable bonds is 8.